The second kappa shape index (κ2) is 9.99. The van der Waals surface area contributed by atoms with Crippen LogP contribution in [0.2, 0.25) is 0 Å². The van der Waals surface area contributed by atoms with Gasteiger partial charge in [0.1, 0.15) is 17.2 Å². The third-order valence-corrected chi connectivity index (χ3v) is 5.76. The summed E-state index contributed by atoms with van der Waals surface area (Å²) in [6.07, 6.45) is -1.56. The van der Waals surface area contributed by atoms with Gasteiger partial charge in [-0.05, 0) is 50.3 Å². The molecule has 9 nitrogen and oxygen atoms in total. The molecule has 1 aromatic carbocycles. The molecule has 0 spiro atoms. The molecule has 0 radical (unpaired) electrons. The highest BCUT2D eigenvalue weighted by Crippen LogP contribution is 2.32. The first-order valence-electron chi connectivity index (χ1n) is 11.3. The Labute approximate surface area is 207 Å². The molecule has 0 aliphatic rings. The van der Waals surface area contributed by atoms with Crippen molar-refractivity contribution < 1.29 is 17.6 Å². The van der Waals surface area contributed by atoms with Crippen LogP contribution in [0.25, 0.3) is 22.2 Å². The minimum atomic E-state index is -4.84. The Morgan fingerprint density at radius 3 is 2.65 bits per heavy atom. The van der Waals surface area contributed by atoms with Gasteiger partial charge in [-0.15, -0.1) is 0 Å². The van der Waals surface area contributed by atoms with Gasteiger partial charge >= 0.3 is 6.18 Å². The first kappa shape index (κ1) is 25.8. The zero-order chi connectivity index (χ0) is 26.9. The number of nitrogens with two attached hydrogens (primary N) is 1. The molecule has 0 saturated heterocycles. The number of aromatic nitrogens is 5. The van der Waals surface area contributed by atoms with E-state index in [0.29, 0.717) is 23.9 Å². The van der Waals surface area contributed by atoms with Gasteiger partial charge in [-0.25, -0.2) is 19.5 Å². The van der Waals surface area contributed by atoms with Crippen LogP contribution in [0.3, 0.4) is 0 Å². The predicted octanol–water partition coefficient (Wildman–Crippen LogP) is 3.87. The van der Waals surface area contributed by atoms with Crippen LogP contribution in [0.15, 0.2) is 46.2 Å². The highest BCUT2D eigenvalue weighted by molar-refractivity contribution is 5.86. The molecular formula is C24H23F4N7O2. The summed E-state index contributed by atoms with van der Waals surface area (Å²) in [4.78, 5) is 32.9. The number of alkyl halides is 3. The minimum Gasteiger partial charge on any atom is -0.384 e. The molecule has 0 fully saturated rings. The second-order valence-corrected chi connectivity index (χ2v) is 8.66. The van der Waals surface area contributed by atoms with Crippen molar-refractivity contribution in [1.82, 2.24) is 24.7 Å². The monoisotopic (exact) mass is 517 g/mol. The first-order valence-corrected chi connectivity index (χ1v) is 11.3. The summed E-state index contributed by atoms with van der Waals surface area (Å²) in [5, 5.41) is 8.54. The number of nitrogen functional groups attached to an aromatic ring is 1. The molecule has 0 amide bonds. The summed E-state index contributed by atoms with van der Waals surface area (Å²) in [6, 6.07) is 5.39. The SMILES string of the molecule is Cc1cc(N)nc(-c2cc3ccn(CCCC(C)Nc4cn[nH]c(=O)c4C(F)(F)F)c(=O)c3cc2F)n1. The van der Waals surface area contributed by atoms with Crippen LogP contribution >= 0.6 is 0 Å². The Morgan fingerprint density at radius 1 is 1.19 bits per heavy atom. The van der Waals surface area contributed by atoms with Crippen molar-refractivity contribution in [2.24, 2.45) is 0 Å². The standard InChI is InChI=1S/C24H23F4N7O2/c1-12(31-18-11-30-34-22(36)20(18)24(26,27)28)4-3-6-35-7-5-14-9-16(17(25)10-15(14)23(35)37)21-32-13(2)8-19(29)33-21/h5,7-12H,3-4,6H2,1-2H3,(H2,29,32,33)(H2,31,34,36). The van der Waals surface area contributed by atoms with Gasteiger partial charge in [0.15, 0.2) is 5.82 Å². The van der Waals surface area contributed by atoms with E-state index in [2.05, 4.69) is 20.4 Å². The topological polar surface area (TPSA) is 132 Å². The Hall–Kier alpha value is -4.29. The van der Waals surface area contributed by atoms with Crippen LogP contribution in [-0.4, -0.2) is 30.8 Å². The number of hydrogen-bond acceptors (Lipinski definition) is 7. The number of benzene rings is 1. The number of hydrogen-bond donors (Lipinski definition) is 3. The molecular weight excluding hydrogens is 494 g/mol. The van der Waals surface area contributed by atoms with Crippen molar-refractivity contribution >= 4 is 22.3 Å². The lowest BCUT2D eigenvalue weighted by Crippen LogP contribution is -2.27. The second-order valence-electron chi connectivity index (χ2n) is 8.66. The predicted molar refractivity (Wildman–Crippen MR) is 131 cm³/mol. The summed E-state index contributed by atoms with van der Waals surface area (Å²) >= 11 is 0. The molecule has 0 aliphatic heterocycles. The number of fused-ring (bicyclic) bond motifs is 1. The maximum Gasteiger partial charge on any atom is 0.423 e. The van der Waals surface area contributed by atoms with E-state index in [1.807, 2.05) is 0 Å². The fraction of sp³-hybridized carbons (Fsp3) is 0.292. The normalized spacial score (nSPS) is 12.6. The van der Waals surface area contributed by atoms with E-state index in [4.69, 9.17) is 5.73 Å². The van der Waals surface area contributed by atoms with Crippen molar-refractivity contribution in [3.63, 3.8) is 0 Å². The number of aromatic amines is 1. The third kappa shape index (κ3) is 5.60. The summed E-state index contributed by atoms with van der Waals surface area (Å²) in [5.41, 5.74) is 2.93. The van der Waals surface area contributed by atoms with E-state index in [0.717, 1.165) is 12.3 Å². The van der Waals surface area contributed by atoms with E-state index in [1.165, 1.54) is 10.6 Å². The summed E-state index contributed by atoms with van der Waals surface area (Å²) in [5.74, 6) is -0.352. The number of halogens is 4. The summed E-state index contributed by atoms with van der Waals surface area (Å²) in [6.45, 7) is 3.62. The van der Waals surface area contributed by atoms with Crippen LogP contribution in [0, 0.1) is 12.7 Å². The van der Waals surface area contributed by atoms with Gasteiger partial charge in [0.25, 0.3) is 11.1 Å². The molecule has 0 saturated carbocycles. The molecule has 4 N–H and O–H groups in total. The average molecular weight is 517 g/mol. The summed E-state index contributed by atoms with van der Waals surface area (Å²) < 4.78 is 56.0. The maximum atomic E-state index is 14.9. The minimum absolute atomic E-state index is 0.117. The van der Waals surface area contributed by atoms with Gasteiger partial charge in [-0.1, -0.05) is 0 Å². The number of H-pyrrole nitrogens is 1. The van der Waals surface area contributed by atoms with Crippen LogP contribution in [-0.2, 0) is 12.7 Å². The average Bonchev–Trinajstić information content (AvgIpc) is 2.79. The molecule has 37 heavy (non-hydrogen) atoms. The molecule has 0 bridgehead atoms. The Kier molecular flexibility index (Phi) is 6.96. The maximum absolute atomic E-state index is 14.9. The highest BCUT2D eigenvalue weighted by atomic mass is 19.4. The number of anilines is 2. The van der Waals surface area contributed by atoms with Crippen LogP contribution in [0.1, 0.15) is 31.0 Å². The zero-order valence-electron chi connectivity index (χ0n) is 19.9. The Bertz CT molecular complexity index is 1560. The molecule has 194 valence electrons. The van der Waals surface area contributed by atoms with E-state index >= 15 is 0 Å². The van der Waals surface area contributed by atoms with Gasteiger partial charge in [-0.2, -0.15) is 18.3 Å². The molecule has 3 heterocycles. The molecule has 13 heteroatoms. The molecule has 1 unspecified atom stereocenters. The molecule has 3 aromatic heterocycles. The number of nitrogens with zero attached hydrogens (tertiary/aromatic N) is 4. The van der Waals surface area contributed by atoms with Crippen LogP contribution in [0.5, 0.6) is 0 Å². The van der Waals surface area contributed by atoms with Gasteiger partial charge in [0.2, 0.25) is 0 Å². The van der Waals surface area contributed by atoms with Gasteiger partial charge < -0.3 is 15.6 Å². The number of pyridine rings is 1. The van der Waals surface area contributed by atoms with E-state index < -0.39 is 40.4 Å². The fourth-order valence-electron chi connectivity index (χ4n) is 4.06. The van der Waals surface area contributed by atoms with Gasteiger partial charge in [-0.3, -0.25) is 9.59 Å². The lowest BCUT2D eigenvalue weighted by Gasteiger charge is -2.18. The van der Waals surface area contributed by atoms with Crippen molar-refractivity contribution in [2.75, 3.05) is 11.1 Å². The van der Waals surface area contributed by atoms with Crippen molar-refractivity contribution in [1.29, 1.82) is 0 Å². The molecule has 1 atom stereocenters. The number of rotatable bonds is 7. The Morgan fingerprint density at radius 2 is 1.95 bits per heavy atom. The fourth-order valence-corrected chi connectivity index (χ4v) is 4.06. The first-order chi connectivity index (χ1) is 17.4. The lowest BCUT2D eigenvalue weighted by atomic mass is 10.1. The van der Waals surface area contributed by atoms with E-state index in [1.54, 1.807) is 37.3 Å². The van der Waals surface area contributed by atoms with E-state index in [9.17, 15) is 27.2 Å². The van der Waals surface area contributed by atoms with E-state index in [-0.39, 0.29) is 29.1 Å². The quantitative estimate of drug-likeness (QED) is 0.317. The largest absolute Gasteiger partial charge is 0.423 e. The van der Waals surface area contributed by atoms with Crippen molar-refractivity contribution in [2.45, 2.75) is 45.5 Å². The number of nitrogens with one attached hydrogen (secondary N) is 2. The molecule has 4 rings (SSSR count). The molecule has 4 aromatic rings. The highest BCUT2D eigenvalue weighted by Gasteiger charge is 2.37. The van der Waals surface area contributed by atoms with Gasteiger partial charge in [0, 0.05) is 30.5 Å². The van der Waals surface area contributed by atoms with Crippen molar-refractivity contribution in [3.05, 3.63) is 74.4 Å². The van der Waals surface area contributed by atoms with Crippen LogP contribution in [0.4, 0.5) is 29.1 Å². The number of aryl methyl sites for hydroxylation is 2. The Balaban J connectivity index is 1.49. The molecule has 0 aliphatic carbocycles. The lowest BCUT2D eigenvalue weighted by molar-refractivity contribution is -0.138. The van der Waals surface area contributed by atoms with Crippen molar-refractivity contribution in [3.8, 4) is 11.4 Å². The smallest absolute Gasteiger partial charge is 0.384 e. The van der Waals surface area contributed by atoms with Crippen LogP contribution < -0.4 is 22.2 Å². The zero-order valence-corrected chi connectivity index (χ0v) is 19.9. The summed E-state index contributed by atoms with van der Waals surface area (Å²) in [7, 11) is 0. The van der Waals surface area contributed by atoms with Gasteiger partial charge in [0.05, 0.1) is 22.8 Å². The third-order valence-electron chi connectivity index (χ3n) is 5.76.